The van der Waals surface area contributed by atoms with Crippen molar-refractivity contribution in [3.05, 3.63) is 58.8 Å². The van der Waals surface area contributed by atoms with Crippen LogP contribution in [0.1, 0.15) is 37.5 Å². The summed E-state index contributed by atoms with van der Waals surface area (Å²) in [6, 6.07) is 11.2. The number of benzene rings is 1. The maximum atomic E-state index is 13.1. The molecule has 1 N–H and O–H groups in total. The molecule has 1 amide bonds. The third-order valence-electron chi connectivity index (χ3n) is 4.84. The van der Waals surface area contributed by atoms with Gasteiger partial charge in [-0.25, -0.2) is 4.98 Å². The van der Waals surface area contributed by atoms with Gasteiger partial charge in [0.1, 0.15) is 5.76 Å². The molecule has 2 heterocycles. The zero-order valence-electron chi connectivity index (χ0n) is 14.9. The maximum Gasteiger partial charge on any atom is 0.262 e. The van der Waals surface area contributed by atoms with Gasteiger partial charge in [-0.15, -0.1) is 0 Å². The van der Waals surface area contributed by atoms with E-state index in [1.54, 1.807) is 16.9 Å². The topological polar surface area (TPSA) is 77.1 Å². The van der Waals surface area contributed by atoms with Crippen LogP contribution in [0.5, 0.6) is 0 Å². The van der Waals surface area contributed by atoms with Crippen LogP contribution in [0.25, 0.3) is 10.9 Å². The van der Waals surface area contributed by atoms with Crippen molar-refractivity contribution in [3.63, 3.8) is 0 Å². The summed E-state index contributed by atoms with van der Waals surface area (Å²) >= 11 is 1.32. The normalized spacial score (nSPS) is 14.7. The molecule has 1 aromatic carbocycles. The first-order chi connectivity index (χ1) is 13.2. The number of carbonyl (C=O) groups is 1. The van der Waals surface area contributed by atoms with Crippen LogP contribution in [0.2, 0.25) is 0 Å². The fourth-order valence-electron chi connectivity index (χ4n) is 3.49. The van der Waals surface area contributed by atoms with Gasteiger partial charge in [0.05, 0.1) is 29.5 Å². The highest BCUT2D eigenvalue weighted by Gasteiger charge is 2.23. The molecule has 2 aromatic heterocycles. The van der Waals surface area contributed by atoms with Gasteiger partial charge in [-0.05, 0) is 37.1 Å². The minimum absolute atomic E-state index is 0.00834. The second-order valence-electron chi connectivity index (χ2n) is 6.67. The van der Waals surface area contributed by atoms with Crippen LogP contribution < -0.4 is 10.9 Å². The second kappa shape index (κ2) is 8.00. The largest absolute Gasteiger partial charge is 0.467 e. The van der Waals surface area contributed by atoms with Crippen molar-refractivity contribution in [3.8, 4) is 0 Å². The Kier molecular flexibility index (Phi) is 5.29. The lowest BCUT2D eigenvalue weighted by Crippen LogP contribution is -2.28. The summed E-state index contributed by atoms with van der Waals surface area (Å²) in [6.45, 7) is 0.354. The fourth-order valence-corrected chi connectivity index (χ4v) is 4.39. The average molecular weight is 383 g/mol. The first-order valence-electron chi connectivity index (χ1n) is 9.15. The van der Waals surface area contributed by atoms with Crippen molar-refractivity contribution in [2.45, 2.75) is 43.4 Å². The Balaban J connectivity index is 1.55. The first-order valence-corrected chi connectivity index (χ1v) is 10.1. The molecule has 1 fully saturated rings. The van der Waals surface area contributed by atoms with Crippen molar-refractivity contribution in [2.24, 2.45) is 0 Å². The van der Waals surface area contributed by atoms with Gasteiger partial charge < -0.3 is 9.73 Å². The lowest BCUT2D eigenvalue weighted by atomic mass is 10.2. The number of amides is 1. The van der Waals surface area contributed by atoms with Gasteiger partial charge in [-0.3, -0.25) is 14.2 Å². The number of aromatic nitrogens is 2. The van der Waals surface area contributed by atoms with E-state index in [0.717, 1.165) is 25.7 Å². The Morgan fingerprint density at radius 1 is 1.22 bits per heavy atom. The number of fused-ring (bicyclic) bond motifs is 1. The Morgan fingerprint density at radius 3 is 2.81 bits per heavy atom. The van der Waals surface area contributed by atoms with E-state index in [1.165, 1.54) is 11.8 Å². The number of rotatable bonds is 6. The Morgan fingerprint density at radius 2 is 2.04 bits per heavy atom. The molecule has 0 bridgehead atoms. The molecule has 0 spiro atoms. The molecule has 140 valence electrons. The zero-order chi connectivity index (χ0) is 18.6. The lowest BCUT2D eigenvalue weighted by molar-refractivity contribution is -0.118. The van der Waals surface area contributed by atoms with Gasteiger partial charge in [0.2, 0.25) is 5.91 Å². The Labute approximate surface area is 161 Å². The van der Waals surface area contributed by atoms with Gasteiger partial charge in [0.15, 0.2) is 5.16 Å². The smallest absolute Gasteiger partial charge is 0.262 e. The van der Waals surface area contributed by atoms with Crippen LogP contribution in [0.3, 0.4) is 0 Å². The van der Waals surface area contributed by atoms with Gasteiger partial charge in [-0.1, -0.05) is 36.7 Å². The maximum absolute atomic E-state index is 13.1. The van der Waals surface area contributed by atoms with Crippen molar-refractivity contribution >= 4 is 28.6 Å². The van der Waals surface area contributed by atoms with E-state index in [1.807, 2.05) is 30.3 Å². The predicted molar refractivity (Wildman–Crippen MR) is 105 cm³/mol. The van der Waals surface area contributed by atoms with E-state index < -0.39 is 0 Å². The van der Waals surface area contributed by atoms with Crippen molar-refractivity contribution in [1.82, 2.24) is 14.9 Å². The number of thioether (sulfide) groups is 1. The Hall–Kier alpha value is -2.54. The van der Waals surface area contributed by atoms with E-state index in [2.05, 4.69) is 10.3 Å². The number of hydrogen-bond donors (Lipinski definition) is 1. The highest BCUT2D eigenvalue weighted by atomic mass is 32.2. The van der Waals surface area contributed by atoms with Gasteiger partial charge in [-0.2, -0.15) is 0 Å². The van der Waals surface area contributed by atoms with Crippen LogP contribution in [0.15, 0.2) is 57.0 Å². The zero-order valence-corrected chi connectivity index (χ0v) is 15.7. The van der Waals surface area contributed by atoms with Crippen LogP contribution in [0.4, 0.5) is 0 Å². The van der Waals surface area contributed by atoms with Gasteiger partial charge in [0.25, 0.3) is 5.56 Å². The summed E-state index contributed by atoms with van der Waals surface area (Å²) in [5, 5.41) is 4.09. The van der Waals surface area contributed by atoms with E-state index in [0.29, 0.717) is 28.4 Å². The number of nitrogens with zero attached hydrogens (tertiary/aromatic N) is 2. The monoisotopic (exact) mass is 383 g/mol. The number of hydrogen-bond acceptors (Lipinski definition) is 5. The molecule has 1 saturated carbocycles. The molecule has 0 aliphatic heterocycles. The molecule has 0 radical (unpaired) electrons. The number of para-hydroxylation sites is 1. The van der Waals surface area contributed by atoms with Gasteiger partial charge in [0, 0.05) is 6.04 Å². The molecule has 7 heteroatoms. The minimum Gasteiger partial charge on any atom is -0.467 e. The van der Waals surface area contributed by atoms with E-state index in [4.69, 9.17) is 4.42 Å². The van der Waals surface area contributed by atoms with Gasteiger partial charge >= 0.3 is 0 Å². The summed E-state index contributed by atoms with van der Waals surface area (Å²) in [7, 11) is 0. The third kappa shape index (κ3) is 3.93. The summed E-state index contributed by atoms with van der Waals surface area (Å²) in [6.07, 6.45) is 5.79. The van der Waals surface area contributed by atoms with Crippen LogP contribution in [-0.2, 0) is 11.3 Å². The van der Waals surface area contributed by atoms with E-state index >= 15 is 0 Å². The van der Waals surface area contributed by atoms with E-state index in [9.17, 15) is 9.59 Å². The Bertz CT molecular complexity index is 991. The number of carbonyl (C=O) groups excluding carboxylic acids is 1. The summed E-state index contributed by atoms with van der Waals surface area (Å²) in [5.74, 6) is 0.801. The lowest BCUT2D eigenvalue weighted by Gasteiger charge is -2.18. The second-order valence-corrected chi connectivity index (χ2v) is 7.61. The molecule has 3 aromatic rings. The molecular formula is C20H21N3O3S. The summed E-state index contributed by atoms with van der Waals surface area (Å²) in [4.78, 5) is 30.0. The molecule has 1 aliphatic carbocycles. The molecule has 0 unspecified atom stereocenters. The van der Waals surface area contributed by atoms with Crippen LogP contribution >= 0.6 is 11.8 Å². The number of furan rings is 1. The third-order valence-corrected chi connectivity index (χ3v) is 5.79. The molecule has 6 nitrogen and oxygen atoms in total. The predicted octanol–water partition coefficient (Wildman–Crippen LogP) is 3.51. The quantitative estimate of drug-likeness (QED) is 0.521. The highest BCUT2D eigenvalue weighted by Crippen LogP contribution is 2.32. The average Bonchev–Trinajstić information content (AvgIpc) is 3.39. The molecule has 1 aliphatic rings. The molecule has 0 saturated heterocycles. The van der Waals surface area contributed by atoms with E-state index in [-0.39, 0.29) is 23.3 Å². The molecule has 0 atom stereocenters. The molecular weight excluding hydrogens is 362 g/mol. The minimum atomic E-state index is -0.114. The van der Waals surface area contributed by atoms with Crippen molar-refractivity contribution in [1.29, 1.82) is 0 Å². The van der Waals surface area contributed by atoms with Crippen molar-refractivity contribution in [2.75, 3.05) is 5.75 Å². The SMILES string of the molecule is O=C(CSc1nc2ccccc2c(=O)n1C1CCCC1)NCc1ccco1. The van der Waals surface area contributed by atoms with Crippen molar-refractivity contribution < 1.29 is 9.21 Å². The molecule has 27 heavy (non-hydrogen) atoms. The van der Waals surface area contributed by atoms with Crippen LogP contribution in [0, 0.1) is 0 Å². The fraction of sp³-hybridized carbons (Fsp3) is 0.350. The standard InChI is InChI=1S/C20H21N3O3S/c24-18(21-12-15-8-5-11-26-15)13-27-20-22-17-10-4-3-9-16(17)19(25)23(20)14-6-1-2-7-14/h3-5,8-11,14H,1-2,6-7,12-13H2,(H,21,24). The molecule has 4 rings (SSSR count). The summed E-state index contributed by atoms with van der Waals surface area (Å²) in [5.41, 5.74) is 0.668. The first kappa shape index (κ1) is 17.9. The highest BCUT2D eigenvalue weighted by molar-refractivity contribution is 7.99. The van der Waals surface area contributed by atoms with Crippen LogP contribution in [-0.4, -0.2) is 21.2 Å². The number of nitrogens with one attached hydrogen (secondary N) is 1. The summed E-state index contributed by atoms with van der Waals surface area (Å²) < 4.78 is 7.02.